The van der Waals surface area contributed by atoms with E-state index in [4.69, 9.17) is 0 Å². The zero-order chi connectivity index (χ0) is 15.1. The number of aromatic nitrogens is 5. The van der Waals surface area contributed by atoms with Crippen LogP contribution in [0.25, 0.3) is 11.0 Å². The van der Waals surface area contributed by atoms with Crippen LogP contribution in [0.15, 0.2) is 18.5 Å². The Morgan fingerprint density at radius 3 is 2.52 bits per heavy atom. The first kappa shape index (κ1) is 13.3. The molecule has 0 aromatic carbocycles. The molecule has 7 heteroatoms. The third-order valence-corrected chi connectivity index (χ3v) is 3.56. The van der Waals surface area contributed by atoms with E-state index in [0.29, 0.717) is 16.9 Å². The molecule has 0 radical (unpaired) electrons. The lowest BCUT2D eigenvalue weighted by Crippen LogP contribution is -2.13. The van der Waals surface area contributed by atoms with Crippen molar-refractivity contribution in [2.45, 2.75) is 13.8 Å². The van der Waals surface area contributed by atoms with Crippen LogP contribution in [0.4, 0.5) is 5.69 Å². The maximum Gasteiger partial charge on any atom is 0.256 e. The van der Waals surface area contributed by atoms with E-state index in [1.165, 1.54) is 0 Å². The number of nitrogens with one attached hydrogen (secondary N) is 1. The molecule has 3 rings (SSSR count). The minimum atomic E-state index is -0.186. The normalized spacial score (nSPS) is 11.0. The lowest BCUT2D eigenvalue weighted by molar-refractivity contribution is 0.102. The molecular weight excluding hydrogens is 268 g/mol. The molecule has 7 nitrogen and oxygen atoms in total. The van der Waals surface area contributed by atoms with Gasteiger partial charge in [0.2, 0.25) is 0 Å². The summed E-state index contributed by atoms with van der Waals surface area (Å²) in [5.74, 6) is -0.186. The molecule has 0 atom stereocenters. The van der Waals surface area contributed by atoms with Gasteiger partial charge in [-0.2, -0.15) is 10.2 Å². The van der Waals surface area contributed by atoms with Crippen LogP contribution in [0.5, 0.6) is 0 Å². The predicted molar refractivity (Wildman–Crippen MR) is 79.1 cm³/mol. The molecule has 0 spiro atoms. The summed E-state index contributed by atoms with van der Waals surface area (Å²) in [7, 11) is 3.64. The molecule has 0 aliphatic rings. The summed E-state index contributed by atoms with van der Waals surface area (Å²) in [6.07, 6.45) is 3.30. The van der Waals surface area contributed by atoms with Crippen LogP contribution in [0.3, 0.4) is 0 Å². The number of aryl methyl sites for hydroxylation is 3. The van der Waals surface area contributed by atoms with E-state index in [1.807, 2.05) is 27.9 Å². The van der Waals surface area contributed by atoms with Crippen LogP contribution >= 0.6 is 0 Å². The van der Waals surface area contributed by atoms with E-state index in [9.17, 15) is 4.79 Å². The number of hydrogen-bond acceptors (Lipinski definition) is 4. The van der Waals surface area contributed by atoms with E-state index in [1.54, 1.807) is 27.8 Å². The molecule has 1 N–H and O–H groups in total. The second-order valence-corrected chi connectivity index (χ2v) is 5.04. The van der Waals surface area contributed by atoms with Crippen LogP contribution in [0, 0.1) is 13.8 Å². The first-order valence-corrected chi connectivity index (χ1v) is 6.56. The van der Waals surface area contributed by atoms with Crippen molar-refractivity contribution in [2.75, 3.05) is 5.32 Å². The van der Waals surface area contributed by atoms with Gasteiger partial charge in [0, 0.05) is 19.8 Å². The van der Waals surface area contributed by atoms with Gasteiger partial charge in [-0.3, -0.25) is 14.2 Å². The Labute approximate surface area is 121 Å². The number of carbonyl (C=O) groups excluding carboxylic acids is 1. The minimum absolute atomic E-state index is 0.186. The molecular formula is C14H16N6O. The average molecular weight is 284 g/mol. The summed E-state index contributed by atoms with van der Waals surface area (Å²) in [6.45, 7) is 3.76. The average Bonchev–Trinajstić information content (AvgIpc) is 2.96. The zero-order valence-corrected chi connectivity index (χ0v) is 12.4. The Morgan fingerprint density at radius 1 is 1.14 bits per heavy atom. The molecule has 1 amide bonds. The third-order valence-electron chi connectivity index (χ3n) is 3.56. The lowest BCUT2D eigenvalue weighted by atomic mass is 10.1. The molecule has 3 aromatic heterocycles. The number of rotatable bonds is 2. The first-order valence-electron chi connectivity index (χ1n) is 6.56. The van der Waals surface area contributed by atoms with Crippen molar-refractivity contribution in [1.29, 1.82) is 0 Å². The van der Waals surface area contributed by atoms with Crippen molar-refractivity contribution in [1.82, 2.24) is 24.5 Å². The molecule has 0 saturated carbocycles. The van der Waals surface area contributed by atoms with Crippen LogP contribution < -0.4 is 5.32 Å². The summed E-state index contributed by atoms with van der Waals surface area (Å²) in [5.41, 5.74) is 3.64. The summed E-state index contributed by atoms with van der Waals surface area (Å²) in [4.78, 5) is 16.9. The highest BCUT2D eigenvalue weighted by atomic mass is 16.1. The second kappa shape index (κ2) is 4.69. The molecule has 0 aliphatic heterocycles. The summed E-state index contributed by atoms with van der Waals surface area (Å²) in [6, 6.07) is 1.77. The molecule has 3 heterocycles. The number of nitrogens with zero attached hydrogens (tertiary/aromatic N) is 5. The monoisotopic (exact) mass is 284 g/mol. The molecule has 0 unspecified atom stereocenters. The first-order chi connectivity index (χ1) is 9.97. The molecule has 3 aromatic rings. The van der Waals surface area contributed by atoms with Gasteiger partial charge in [0.15, 0.2) is 5.65 Å². The number of hydrogen-bond donors (Lipinski definition) is 1. The van der Waals surface area contributed by atoms with Gasteiger partial charge in [0.05, 0.1) is 34.7 Å². The van der Waals surface area contributed by atoms with E-state index in [0.717, 1.165) is 16.8 Å². The Hall–Kier alpha value is -2.70. The van der Waals surface area contributed by atoms with Crippen molar-refractivity contribution in [2.24, 2.45) is 14.1 Å². The maximum absolute atomic E-state index is 12.5. The Morgan fingerprint density at radius 2 is 1.86 bits per heavy atom. The van der Waals surface area contributed by atoms with Gasteiger partial charge in [-0.15, -0.1) is 0 Å². The van der Waals surface area contributed by atoms with E-state index < -0.39 is 0 Å². The van der Waals surface area contributed by atoms with E-state index in [-0.39, 0.29) is 5.91 Å². The molecule has 108 valence electrons. The van der Waals surface area contributed by atoms with Gasteiger partial charge in [0.25, 0.3) is 5.91 Å². The van der Waals surface area contributed by atoms with Gasteiger partial charge < -0.3 is 5.32 Å². The molecule has 0 saturated heterocycles. The quantitative estimate of drug-likeness (QED) is 0.775. The standard InChI is InChI=1S/C14H16N6O/c1-8-5-10(11-6-15-20(4)13(11)17-8)14(21)18-12-7-16-19(3)9(12)2/h5-7H,1-4H3,(H,18,21). The Bertz CT molecular complexity index is 845. The summed E-state index contributed by atoms with van der Waals surface area (Å²) >= 11 is 0. The molecule has 0 fully saturated rings. The zero-order valence-electron chi connectivity index (χ0n) is 12.4. The smallest absolute Gasteiger partial charge is 0.256 e. The lowest BCUT2D eigenvalue weighted by Gasteiger charge is -2.07. The third kappa shape index (κ3) is 2.16. The van der Waals surface area contributed by atoms with Crippen LogP contribution in [0.2, 0.25) is 0 Å². The fourth-order valence-corrected chi connectivity index (χ4v) is 2.24. The van der Waals surface area contributed by atoms with Crippen molar-refractivity contribution in [3.63, 3.8) is 0 Å². The van der Waals surface area contributed by atoms with Crippen LogP contribution in [0.1, 0.15) is 21.7 Å². The number of pyridine rings is 1. The fourth-order valence-electron chi connectivity index (χ4n) is 2.24. The van der Waals surface area contributed by atoms with Crippen LogP contribution in [-0.4, -0.2) is 30.5 Å². The van der Waals surface area contributed by atoms with Crippen LogP contribution in [-0.2, 0) is 14.1 Å². The van der Waals surface area contributed by atoms with Gasteiger partial charge in [-0.05, 0) is 19.9 Å². The second-order valence-electron chi connectivity index (χ2n) is 5.04. The van der Waals surface area contributed by atoms with Crippen molar-refractivity contribution in [3.05, 3.63) is 35.4 Å². The number of carbonyl (C=O) groups is 1. The van der Waals surface area contributed by atoms with Gasteiger partial charge in [-0.1, -0.05) is 0 Å². The number of amides is 1. The Balaban J connectivity index is 2.04. The highest BCUT2D eigenvalue weighted by Gasteiger charge is 2.16. The van der Waals surface area contributed by atoms with Crippen molar-refractivity contribution in [3.8, 4) is 0 Å². The topological polar surface area (TPSA) is 77.6 Å². The van der Waals surface area contributed by atoms with Crippen molar-refractivity contribution >= 4 is 22.6 Å². The molecule has 0 bridgehead atoms. The fraction of sp³-hybridized carbons (Fsp3) is 0.286. The highest BCUT2D eigenvalue weighted by molar-refractivity contribution is 6.12. The summed E-state index contributed by atoms with van der Waals surface area (Å²) in [5, 5.41) is 11.9. The highest BCUT2D eigenvalue weighted by Crippen LogP contribution is 2.20. The predicted octanol–water partition coefficient (Wildman–Crippen LogP) is 1.57. The molecule has 0 aliphatic carbocycles. The SMILES string of the molecule is Cc1cc(C(=O)Nc2cnn(C)c2C)c2cnn(C)c2n1. The van der Waals surface area contributed by atoms with Gasteiger partial charge >= 0.3 is 0 Å². The van der Waals surface area contributed by atoms with Crippen molar-refractivity contribution < 1.29 is 4.79 Å². The number of anilines is 1. The van der Waals surface area contributed by atoms with E-state index in [2.05, 4.69) is 20.5 Å². The Kier molecular flexibility index (Phi) is 2.97. The number of fused-ring (bicyclic) bond motifs is 1. The molecule has 21 heavy (non-hydrogen) atoms. The summed E-state index contributed by atoms with van der Waals surface area (Å²) < 4.78 is 3.38. The van der Waals surface area contributed by atoms with E-state index >= 15 is 0 Å². The van der Waals surface area contributed by atoms with Gasteiger partial charge in [-0.25, -0.2) is 4.98 Å². The van der Waals surface area contributed by atoms with Gasteiger partial charge in [0.1, 0.15) is 0 Å². The largest absolute Gasteiger partial charge is 0.319 e. The minimum Gasteiger partial charge on any atom is -0.319 e. The maximum atomic E-state index is 12.5.